The molecule has 1 aliphatic heterocycles. The maximum Gasteiger partial charge on any atom is 0.254 e. The maximum absolute atomic E-state index is 12.5. The number of nitrogens with zero attached hydrogens (tertiary/aromatic N) is 1. The summed E-state index contributed by atoms with van der Waals surface area (Å²) in [4.78, 5) is 14.3. The molecule has 2 rings (SSSR count). The molecule has 1 aromatic rings. The standard InChI is InChI=1S/C14H17BrINO2/c1-17(9-10-4-6-19-7-5-10)14(18)12-8-11(15)2-3-13(12)16/h2-3,8,10H,4-7,9H2,1H3. The first kappa shape index (κ1) is 15.3. The van der Waals surface area contributed by atoms with Crippen molar-refractivity contribution in [2.24, 2.45) is 5.92 Å². The average Bonchev–Trinajstić information content (AvgIpc) is 2.42. The van der Waals surface area contributed by atoms with E-state index in [4.69, 9.17) is 4.74 Å². The number of carbonyl (C=O) groups is 1. The summed E-state index contributed by atoms with van der Waals surface area (Å²) < 4.78 is 7.28. The Kier molecular flexibility index (Phi) is 5.65. The van der Waals surface area contributed by atoms with Crippen LogP contribution in [0.15, 0.2) is 22.7 Å². The summed E-state index contributed by atoms with van der Waals surface area (Å²) in [6, 6.07) is 5.81. The molecule has 1 amide bonds. The van der Waals surface area contributed by atoms with E-state index in [9.17, 15) is 4.79 Å². The van der Waals surface area contributed by atoms with Crippen LogP contribution in [0.25, 0.3) is 0 Å². The zero-order valence-corrected chi connectivity index (χ0v) is 14.6. The number of hydrogen-bond donors (Lipinski definition) is 0. The molecule has 1 aromatic carbocycles. The van der Waals surface area contributed by atoms with E-state index in [0.717, 1.165) is 46.2 Å². The molecule has 0 bridgehead atoms. The molecule has 0 radical (unpaired) electrons. The molecule has 1 fully saturated rings. The van der Waals surface area contributed by atoms with E-state index < -0.39 is 0 Å². The molecular formula is C14H17BrINO2. The van der Waals surface area contributed by atoms with Crippen LogP contribution in [-0.4, -0.2) is 37.6 Å². The van der Waals surface area contributed by atoms with E-state index in [0.29, 0.717) is 5.92 Å². The lowest BCUT2D eigenvalue weighted by atomic mass is 9.99. The largest absolute Gasteiger partial charge is 0.381 e. The maximum atomic E-state index is 12.5. The minimum atomic E-state index is 0.0946. The van der Waals surface area contributed by atoms with E-state index in [1.807, 2.05) is 30.1 Å². The summed E-state index contributed by atoms with van der Waals surface area (Å²) >= 11 is 5.63. The van der Waals surface area contributed by atoms with E-state index in [1.54, 1.807) is 0 Å². The van der Waals surface area contributed by atoms with Gasteiger partial charge in [-0.25, -0.2) is 0 Å². The van der Waals surface area contributed by atoms with Gasteiger partial charge < -0.3 is 9.64 Å². The normalized spacial score (nSPS) is 16.4. The molecular weight excluding hydrogens is 421 g/mol. The van der Waals surface area contributed by atoms with Crippen LogP contribution in [0.1, 0.15) is 23.2 Å². The number of benzene rings is 1. The van der Waals surface area contributed by atoms with Crippen molar-refractivity contribution < 1.29 is 9.53 Å². The first-order valence-corrected chi connectivity index (χ1v) is 8.23. The second-order valence-electron chi connectivity index (χ2n) is 4.87. The van der Waals surface area contributed by atoms with E-state index in [2.05, 4.69) is 38.5 Å². The summed E-state index contributed by atoms with van der Waals surface area (Å²) in [5.41, 5.74) is 0.768. The van der Waals surface area contributed by atoms with Gasteiger partial charge in [0.1, 0.15) is 0 Å². The molecule has 0 aliphatic carbocycles. The lowest BCUT2D eigenvalue weighted by molar-refractivity contribution is 0.0497. The predicted molar refractivity (Wildman–Crippen MR) is 87.4 cm³/mol. The first-order chi connectivity index (χ1) is 9.08. The highest BCUT2D eigenvalue weighted by Gasteiger charge is 2.20. The number of carbonyl (C=O) groups excluding carboxylic acids is 1. The van der Waals surface area contributed by atoms with Crippen molar-refractivity contribution in [1.29, 1.82) is 0 Å². The van der Waals surface area contributed by atoms with Gasteiger partial charge in [0.25, 0.3) is 5.91 Å². The molecule has 19 heavy (non-hydrogen) atoms. The third-order valence-electron chi connectivity index (χ3n) is 3.38. The van der Waals surface area contributed by atoms with Crippen LogP contribution in [0, 0.1) is 9.49 Å². The monoisotopic (exact) mass is 437 g/mol. The highest BCUT2D eigenvalue weighted by Crippen LogP contribution is 2.21. The van der Waals surface area contributed by atoms with Gasteiger partial charge in [0, 0.05) is 34.8 Å². The zero-order valence-electron chi connectivity index (χ0n) is 10.9. The van der Waals surface area contributed by atoms with Gasteiger partial charge in [-0.05, 0) is 59.5 Å². The quantitative estimate of drug-likeness (QED) is 0.676. The number of rotatable bonds is 3. The van der Waals surface area contributed by atoms with Gasteiger partial charge in [0.05, 0.1) is 5.56 Å². The van der Waals surface area contributed by atoms with E-state index in [1.165, 1.54) is 0 Å². The molecule has 0 saturated carbocycles. The van der Waals surface area contributed by atoms with Crippen LogP contribution in [0.2, 0.25) is 0 Å². The Hall–Kier alpha value is -0.140. The second kappa shape index (κ2) is 7.04. The van der Waals surface area contributed by atoms with E-state index >= 15 is 0 Å². The predicted octanol–water partition coefficient (Wildman–Crippen LogP) is 3.55. The summed E-state index contributed by atoms with van der Waals surface area (Å²) in [6.07, 6.45) is 2.10. The number of ether oxygens (including phenoxy) is 1. The molecule has 1 saturated heterocycles. The van der Waals surface area contributed by atoms with Gasteiger partial charge in [-0.15, -0.1) is 0 Å². The van der Waals surface area contributed by atoms with Crippen LogP contribution in [0.3, 0.4) is 0 Å². The van der Waals surface area contributed by atoms with Crippen LogP contribution < -0.4 is 0 Å². The third-order valence-corrected chi connectivity index (χ3v) is 4.81. The summed E-state index contributed by atoms with van der Waals surface area (Å²) in [5, 5.41) is 0. The summed E-state index contributed by atoms with van der Waals surface area (Å²) in [7, 11) is 1.88. The van der Waals surface area contributed by atoms with Gasteiger partial charge in [0.2, 0.25) is 0 Å². The molecule has 0 atom stereocenters. The van der Waals surface area contributed by atoms with Gasteiger partial charge in [-0.1, -0.05) is 15.9 Å². The van der Waals surface area contributed by atoms with Crippen molar-refractivity contribution in [2.45, 2.75) is 12.8 Å². The van der Waals surface area contributed by atoms with Crippen LogP contribution in [0.5, 0.6) is 0 Å². The Balaban J connectivity index is 2.03. The van der Waals surface area contributed by atoms with Crippen molar-refractivity contribution in [2.75, 3.05) is 26.8 Å². The average molecular weight is 438 g/mol. The zero-order chi connectivity index (χ0) is 13.8. The van der Waals surface area contributed by atoms with Crippen molar-refractivity contribution in [3.05, 3.63) is 31.8 Å². The molecule has 0 unspecified atom stereocenters. The smallest absolute Gasteiger partial charge is 0.254 e. The molecule has 5 heteroatoms. The molecule has 1 aliphatic rings. The Bertz CT molecular complexity index is 461. The van der Waals surface area contributed by atoms with Crippen molar-refractivity contribution in [3.63, 3.8) is 0 Å². The van der Waals surface area contributed by atoms with Gasteiger partial charge >= 0.3 is 0 Å². The number of halogens is 2. The van der Waals surface area contributed by atoms with Crippen LogP contribution >= 0.6 is 38.5 Å². The second-order valence-corrected chi connectivity index (χ2v) is 6.94. The number of hydrogen-bond acceptors (Lipinski definition) is 2. The molecule has 3 nitrogen and oxygen atoms in total. The van der Waals surface area contributed by atoms with Gasteiger partial charge in [0.15, 0.2) is 0 Å². The highest BCUT2D eigenvalue weighted by molar-refractivity contribution is 14.1. The molecule has 0 N–H and O–H groups in total. The van der Waals surface area contributed by atoms with Crippen LogP contribution in [0.4, 0.5) is 0 Å². The van der Waals surface area contributed by atoms with Crippen molar-refractivity contribution in [1.82, 2.24) is 4.90 Å². The highest BCUT2D eigenvalue weighted by atomic mass is 127. The Labute approximate surface area is 136 Å². The SMILES string of the molecule is CN(CC1CCOCC1)C(=O)c1cc(Br)ccc1I. The Morgan fingerprint density at radius 3 is 2.84 bits per heavy atom. The lowest BCUT2D eigenvalue weighted by Crippen LogP contribution is -2.34. The molecule has 0 spiro atoms. The summed E-state index contributed by atoms with van der Waals surface area (Å²) in [6.45, 7) is 2.45. The fraction of sp³-hybridized carbons (Fsp3) is 0.500. The van der Waals surface area contributed by atoms with Crippen molar-refractivity contribution in [3.8, 4) is 0 Å². The Morgan fingerprint density at radius 2 is 2.16 bits per heavy atom. The molecule has 0 aromatic heterocycles. The fourth-order valence-corrected chi connectivity index (χ4v) is 3.19. The van der Waals surface area contributed by atoms with E-state index in [-0.39, 0.29) is 5.91 Å². The minimum absolute atomic E-state index is 0.0946. The fourth-order valence-electron chi connectivity index (χ4n) is 2.27. The van der Waals surface area contributed by atoms with Gasteiger partial charge in [-0.2, -0.15) is 0 Å². The molecule has 1 heterocycles. The first-order valence-electron chi connectivity index (χ1n) is 6.36. The topological polar surface area (TPSA) is 29.5 Å². The lowest BCUT2D eigenvalue weighted by Gasteiger charge is -2.27. The van der Waals surface area contributed by atoms with Crippen molar-refractivity contribution >= 4 is 44.4 Å². The molecule has 104 valence electrons. The van der Waals surface area contributed by atoms with Gasteiger partial charge in [-0.3, -0.25) is 4.79 Å². The minimum Gasteiger partial charge on any atom is -0.381 e. The number of amides is 1. The Morgan fingerprint density at radius 1 is 1.47 bits per heavy atom. The third kappa shape index (κ3) is 4.16. The summed E-state index contributed by atoms with van der Waals surface area (Å²) in [5.74, 6) is 0.657. The van der Waals surface area contributed by atoms with Crippen LogP contribution in [-0.2, 0) is 4.74 Å².